The first-order valence-corrected chi connectivity index (χ1v) is 1.31. The topological polar surface area (TPSA) is 55.1 Å². The van der Waals surface area contributed by atoms with Crippen molar-refractivity contribution in [2.75, 3.05) is 0 Å². The highest BCUT2D eigenvalue weighted by Gasteiger charge is 1.77. The van der Waals surface area contributed by atoms with E-state index < -0.39 is 5.37 Å². The first kappa shape index (κ1) is 9.38. The van der Waals surface area contributed by atoms with Gasteiger partial charge in [-0.2, -0.15) is 0 Å². The van der Waals surface area contributed by atoms with Crippen molar-refractivity contribution in [3.8, 4) is 0 Å². The maximum Gasteiger partial charge on any atom is 0.327 e. The van der Waals surface area contributed by atoms with Crippen molar-refractivity contribution in [1.82, 2.24) is 5.43 Å². The third kappa shape index (κ3) is 8.99. The van der Waals surface area contributed by atoms with Crippen LogP contribution in [-0.2, 0) is 0 Å². The van der Waals surface area contributed by atoms with Gasteiger partial charge in [-0.25, -0.2) is 5.84 Å². The van der Waals surface area contributed by atoms with Gasteiger partial charge in [-0.15, -0.1) is 12.4 Å². The summed E-state index contributed by atoms with van der Waals surface area (Å²) in [4.78, 5) is 9.34. The second-order valence-electron chi connectivity index (χ2n) is 0.418. The van der Waals surface area contributed by atoms with Gasteiger partial charge in [0, 0.05) is 0 Å². The van der Waals surface area contributed by atoms with Gasteiger partial charge < -0.3 is 0 Å². The average Bonchev–Trinajstić information content (AvgIpc) is 1.38. The summed E-state index contributed by atoms with van der Waals surface area (Å²) in [7, 11) is 0. The minimum absolute atomic E-state index is 0. The largest absolute Gasteiger partial charge is 0.327 e. The summed E-state index contributed by atoms with van der Waals surface area (Å²) < 4.78 is 0. The molecule has 0 atom stereocenters. The Morgan fingerprint density at radius 2 is 2.00 bits per heavy atom. The summed E-state index contributed by atoms with van der Waals surface area (Å²) in [6, 6.07) is 0. The lowest BCUT2D eigenvalue weighted by Gasteiger charge is -1.77. The number of hydrogen-bond acceptors (Lipinski definition) is 2. The fraction of sp³-hybridized carbons (Fsp3) is 0. The smallest absolute Gasteiger partial charge is 0.281 e. The molecule has 0 aromatic rings. The highest BCUT2D eigenvalue weighted by Crippen LogP contribution is 1.67. The molecular weight excluding hydrogens is 127 g/mol. The quantitative estimate of drug-likeness (QED) is 0.162. The van der Waals surface area contributed by atoms with E-state index in [-0.39, 0.29) is 12.4 Å². The number of hydrogen-bond donors (Lipinski definition) is 2. The maximum absolute atomic E-state index is 9.34. The number of carbonyl (C=O) groups excluding carboxylic acids is 1. The number of nitrogens with one attached hydrogen (secondary N) is 1. The fourth-order valence-corrected chi connectivity index (χ4v) is 0. The summed E-state index contributed by atoms with van der Waals surface area (Å²) in [5.74, 6) is 4.44. The van der Waals surface area contributed by atoms with E-state index in [0.717, 1.165) is 0 Å². The van der Waals surface area contributed by atoms with E-state index in [1.807, 2.05) is 0 Å². The first-order chi connectivity index (χ1) is 2.27. The maximum atomic E-state index is 9.34. The number of halogens is 2. The summed E-state index contributed by atoms with van der Waals surface area (Å²) >= 11 is 4.59. The van der Waals surface area contributed by atoms with E-state index in [4.69, 9.17) is 0 Å². The number of rotatable bonds is 0. The summed E-state index contributed by atoms with van der Waals surface area (Å²) in [5, 5.41) is -0.745. The fourth-order valence-electron chi connectivity index (χ4n) is 0. The molecule has 0 saturated heterocycles. The zero-order chi connectivity index (χ0) is 4.28. The molecular formula is CH4Cl2N2O. The van der Waals surface area contributed by atoms with E-state index in [1.165, 1.54) is 0 Å². The molecule has 0 aliphatic carbocycles. The molecule has 0 aromatic carbocycles. The molecule has 5 heteroatoms. The molecule has 3 nitrogen and oxygen atoms in total. The van der Waals surface area contributed by atoms with E-state index in [0.29, 0.717) is 0 Å². The second kappa shape index (κ2) is 5.01. The lowest BCUT2D eigenvalue weighted by molar-refractivity contribution is 0.260. The van der Waals surface area contributed by atoms with Gasteiger partial charge in [-0.3, -0.25) is 10.2 Å². The Morgan fingerprint density at radius 1 is 1.83 bits per heavy atom. The van der Waals surface area contributed by atoms with Gasteiger partial charge in [0.1, 0.15) is 0 Å². The zero-order valence-electron chi connectivity index (χ0n) is 2.77. The molecule has 0 aromatic heterocycles. The average molecular weight is 131 g/mol. The van der Waals surface area contributed by atoms with Crippen molar-refractivity contribution in [1.29, 1.82) is 0 Å². The first-order valence-electron chi connectivity index (χ1n) is 0.932. The Hall–Kier alpha value is 0.01000. The van der Waals surface area contributed by atoms with Crippen molar-refractivity contribution in [2.45, 2.75) is 0 Å². The normalized spacial score (nSPS) is 5.67. The van der Waals surface area contributed by atoms with Gasteiger partial charge in [0.25, 0.3) is 0 Å². The molecule has 0 saturated carbocycles. The van der Waals surface area contributed by atoms with Gasteiger partial charge in [0.2, 0.25) is 0 Å². The molecule has 38 valence electrons. The lowest BCUT2D eigenvalue weighted by atomic mass is 11.4. The van der Waals surface area contributed by atoms with Crippen LogP contribution in [0.3, 0.4) is 0 Å². The van der Waals surface area contributed by atoms with Crippen LogP contribution in [0.1, 0.15) is 0 Å². The number of hydrazine groups is 1. The number of amides is 1. The SMILES string of the molecule is Cl.NNC(=O)Cl. The van der Waals surface area contributed by atoms with E-state index in [9.17, 15) is 4.79 Å². The van der Waals surface area contributed by atoms with E-state index in [1.54, 1.807) is 5.43 Å². The Balaban J connectivity index is 0. The molecule has 0 spiro atoms. The Labute approximate surface area is 46.2 Å². The molecule has 1 amide bonds. The van der Waals surface area contributed by atoms with Crippen LogP contribution in [0.4, 0.5) is 4.79 Å². The monoisotopic (exact) mass is 130 g/mol. The minimum atomic E-state index is -0.745. The Morgan fingerprint density at radius 3 is 2.00 bits per heavy atom. The molecule has 0 heterocycles. The van der Waals surface area contributed by atoms with Gasteiger partial charge in [0.05, 0.1) is 0 Å². The Kier molecular flexibility index (Phi) is 7.83. The third-order valence-electron chi connectivity index (χ3n) is 0.113. The summed E-state index contributed by atoms with van der Waals surface area (Å²) in [5.41, 5.74) is 1.65. The van der Waals surface area contributed by atoms with Crippen LogP contribution in [-0.4, -0.2) is 5.37 Å². The standard InChI is InChI=1S/CH3ClN2O.ClH/c2-1(5)4-3;/h3H2,(H,4,5);1H. The Bertz CT molecular complexity index is 46.8. The van der Waals surface area contributed by atoms with Gasteiger partial charge >= 0.3 is 5.37 Å². The van der Waals surface area contributed by atoms with Crippen molar-refractivity contribution in [2.24, 2.45) is 5.84 Å². The van der Waals surface area contributed by atoms with Gasteiger partial charge in [-0.05, 0) is 11.6 Å². The molecule has 6 heavy (non-hydrogen) atoms. The van der Waals surface area contributed by atoms with Crippen LogP contribution >= 0.6 is 24.0 Å². The summed E-state index contributed by atoms with van der Waals surface area (Å²) in [6.07, 6.45) is 0. The number of carbonyl (C=O) groups is 1. The molecule has 0 rings (SSSR count). The van der Waals surface area contributed by atoms with Crippen LogP contribution in [0.25, 0.3) is 0 Å². The molecule has 0 aliphatic rings. The highest BCUT2D eigenvalue weighted by atomic mass is 35.5. The van der Waals surface area contributed by atoms with Crippen LogP contribution in [0, 0.1) is 0 Å². The predicted octanol–water partition coefficient (Wildman–Crippen LogP) is 0.230. The third-order valence-corrected chi connectivity index (χ3v) is 0.223. The van der Waals surface area contributed by atoms with Crippen molar-refractivity contribution < 1.29 is 4.79 Å². The number of nitrogens with two attached hydrogens (primary N) is 1. The van der Waals surface area contributed by atoms with Crippen molar-refractivity contribution in [3.05, 3.63) is 0 Å². The molecule has 0 aliphatic heterocycles. The molecule has 3 N–H and O–H groups in total. The van der Waals surface area contributed by atoms with Crippen LogP contribution in [0.15, 0.2) is 0 Å². The highest BCUT2D eigenvalue weighted by molar-refractivity contribution is 6.62. The molecule has 0 bridgehead atoms. The lowest BCUT2D eigenvalue weighted by Crippen LogP contribution is -2.23. The van der Waals surface area contributed by atoms with Crippen molar-refractivity contribution in [3.63, 3.8) is 0 Å². The van der Waals surface area contributed by atoms with E-state index in [2.05, 4.69) is 17.4 Å². The van der Waals surface area contributed by atoms with Crippen molar-refractivity contribution >= 4 is 29.4 Å². The van der Waals surface area contributed by atoms with Crippen LogP contribution in [0.5, 0.6) is 0 Å². The van der Waals surface area contributed by atoms with Crippen LogP contribution in [0.2, 0.25) is 0 Å². The molecule has 0 fully saturated rings. The van der Waals surface area contributed by atoms with E-state index >= 15 is 0 Å². The van der Waals surface area contributed by atoms with Gasteiger partial charge in [-0.1, -0.05) is 0 Å². The minimum Gasteiger partial charge on any atom is -0.281 e. The predicted molar refractivity (Wildman–Crippen MR) is 25.8 cm³/mol. The second-order valence-corrected chi connectivity index (χ2v) is 0.761. The molecule has 0 unspecified atom stereocenters. The van der Waals surface area contributed by atoms with Crippen LogP contribution < -0.4 is 11.3 Å². The molecule has 0 radical (unpaired) electrons. The van der Waals surface area contributed by atoms with Gasteiger partial charge in [0.15, 0.2) is 0 Å². The summed E-state index contributed by atoms with van der Waals surface area (Å²) in [6.45, 7) is 0. The zero-order valence-corrected chi connectivity index (χ0v) is 4.34.